The molecule has 1 aliphatic heterocycles. The first-order chi connectivity index (χ1) is 11.1. The van der Waals surface area contributed by atoms with E-state index in [1.54, 1.807) is 0 Å². The van der Waals surface area contributed by atoms with Gasteiger partial charge < -0.3 is 4.90 Å². The fourth-order valence-corrected chi connectivity index (χ4v) is 2.91. The molecule has 0 bridgehead atoms. The number of aryl methyl sites for hydroxylation is 1. The molecule has 0 radical (unpaired) electrons. The smallest absolute Gasteiger partial charge is 0.269 e. The largest absolute Gasteiger partial charge is 0.304 e. The van der Waals surface area contributed by atoms with Crippen LogP contribution in [-0.4, -0.2) is 58.8 Å². The lowest BCUT2D eigenvalue weighted by molar-refractivity contribution is 0.0661. The number of para-hydroxylation sites is 1. The molecule has 1 amide bonds. The highest BCUT2D eigenvalue weighted by atomic mass is 16.2. The predicted octanol–water partition coefficient (Wildman–Crippen LogP) is 1.38. The van der Waals surface area contributed by atoms with Crippen LogP contribution in [0.2, 0.25) is 0 Å². The molecule has 122 valence electrons. The summed E-state index contributed by atoms with van der Waals surface area (Å²) in [6.07, 6.45) is 0. The Morgan fingerprint density at radius 1 is 1.09 bits per heavy atom. The average Bonchev–Trinajstić information content (AvgIpc) is 2.85. The van der Waals surface area contributed by atoms with E-state index in [4.69, 9.17) is 0 Å². The molecular weight excluding hydrogens is 290 g/mol. The summed E-state index contributed by atoms with van der Waals surface area (Å²) < 4.78 is 1.83. The van der Waals surface area contributed by atoms with E-state index in [2.05, 4.69) is 22.5 Å². The molecule has 0 saturated carbocycles. The maximum absolute atomic E-state index is 12.7. The third-order valence-corrected chi connectivity index (χ3v) is 4.28. The third kappa shape index (κ3) is 3.28. The first-order valence-corrected chi connectivity index (χ1v) is 7.92. The predicted molar refractivity (Wildman–Crippen MR) is 89.6 cm³/mol. The topological polar surface area (TPSA) is 53.4 Å². The highest BCUT2D eigenvalue weighted by Gasteiger charge is 2.22. The van der Waals surface area contributed by atoms with Crippen LogP contribution < -0.4 is 5.43 Å². The Morgan fingerprint density at radius 2 is 1.74 bits per heavy atom. The number of likely N-dealkylation sites (N-methyl/N-ethyl adjacent to an activating group) is 1. The van der Waals surface area contributed by atoms with Crippen LogP contribution in [0.4, 0.5) is 0 Å². The Labute approximate surface area is 136 Å². The van der Waals surface area contributed by atoms with Crippen LogP contribution in [-0.2, 0) is 0 Å². The maximum atomic E-state index is 12.7. The summed E-state index contributed by atoms with van der Waals surface area (Å²) in [6.45, 7) is 7.42. The van der Waals surface area contributed by atoms with Crippen molar-refractivity contribution in [1.82, 2.24) is 25.1 Å². The van der Waals surface area contributed by atoms with E-state index in [1.165, 1.54) is 0 Å². The van der Waals surface area contributed by atoms with Crippen molar-refractivity contribution in [3.05, 3.63) is 47.3 Å². The first-order valence-electron chi connectivity index (χ1n) is 7.92. The van der Waals surface area contributed by atoms with E-state index in [9.17, 15) is 4.79 Å². The molecule has 0 spiro atoms. The number of nitrogens with zero attached hydrogens (tertiary/aromatic N) is 4. The molecule has 6 nitrogen and oxygen atoms in total. The number of hydrogen-bond donors (Lipinski definition) is 1. The zero-order valence-corrected chi connectivity index (χ0v) is 13.9. The third-order valence-electron chi connectivity index (χ3n) is 4.28. The molecule has 2 aromatic rings. The number of hydrogen-bond acceptors (Lipinski definition) is 4. The summed E-state index contributed by atoms with van der Waals surface area (Å²) >= 11 is 0. The van der Waals surface area contributed by atoms with E-state index in [0.717, 1.165) is 43.3 Å². The van der Waals surface area contributed by atoms with Crippen molar-refractivity contribution in [2.75, 3.05) is 33.2 Å². The van der Waals surface area contributed by atoms with Gasteiger partial charge in [0, 0.05) is 26.2 Å². The van der Waals surface area contributed by atoms with E-state index < -0.39 is 0 Å². The number of carbonyl (C=O) groups is 1. The monoisotopic (exact) mass is 313 g/mol. The zero-order valence-electron chi connectivity index (χ0n) is 13.9. The highest BCUT2D eigenvalue weighted by Crippen LogP contribution is 2.17. The second kappa shape index (κ2) is 6.52. The number of rotatable bonds is 3. The minimum absolute atomic E-state index is 0.0771. The number of aromatic nitrogens is 2. The Hall–Kier alpha value is -2.18. The minimum atomic E-state index is -0.0771. The normalized spacial score (nSPS) is 16.5. The minimum Gasteiger partial charge on any atom is -0.304 e. The van der Waals surface area contributed by atoms with E-state index >= 15 is 0 Å². The van der Waals surface area contributed by atoms with Crippen LogP contribution in [0.3, 0.4) is 0 Å². The van der Waals surface area contributed by atoms with Crippen molar-refractivity contribution in [2.45, 2.75) is 13.8 Å². The van der Waals surface area contributed by atoms with Gasteiger partial charge >= 0.3 is 0 Å². The molecule has 0 aliphatic carbocycles. The molecule has 2 heterocycles. The van der Waals surface area contributed by atoms with Crippen molar-refractivity contribution in [3.63, 3.8) is 0 Å². The molecule has 0 atom stereocenters. The van der Waals surface area contributed by atoms with Gasteiger partial charge in [-0.1, -0.05) is 18.2 Å². The summed E-state index contributed by atoms with van der Waals surface area (Å²) in [5.41, 5.74) is 6.25. The second-order valence-electron chi connectivity index (χ2n) is 6.02. The van der Waals surface area contributed by atoms with Crippen molar-refractivity contribution < 1.29 is 4.79 Å². The Balaban J connectivity index is 1.80. The first kappa shape index (κ1) is 15.7. The van der Waals surface area contributed by atoms with Crippen molar-refractivity contribution in [2.24, 2.45) is 0 Å². The highest BCUT2D eigenvalue weighted by molar-refractivity contribution is 5.96. The molecule has 23 heavy (non-hydrogen) atoms. The molecule has 1 N–H and O–H groups in total. The van der Waals surface area contributed by atoms with Crippen molar-refractivity contribution in [3.8, 4) is 5.69 Å². The van der Waals surface area contributed by atoms with Crippen LogP contribution in [0, 0.1) is 13.8 Å². The maximum Gasteiger partial charge on any atom is 0.269 e. The average molecular weight is 313 g/mol. The fourth-order valence-electron chi connectivity index (χ4n) is 2.91. The van der Waals surface area contributed by atoms with Gasteiger partial charge in [0.25, 0.3) is 5.91 Å². The standard InChI is InChI=1S/C17H23N5O/c1-13-16(17(23)19-21-11-9-20(3)10-12-21)14(2)22(18-13)15-7-5-4-6-8-15/h4-8H,9-12H2,1-3H3,(H,19,23). The van der Waals surface area contributed by atoms with Gasteiger partial charge in [-0.15, -0.1) is 0 Å². The Kier molecular flexibility index (Phi) is 4.45. The molecule has 1 aliphatic rings. The fraction of sp³-hybridized carbons (Fsp3) is 0.412. The molecule has 6 heteroatoms. The molecule has 3 rings (SSSR count). The Bertz CT molecular complexity index is 687. The second-order valence-corrected chi connectivity index (χ2v) is 6.02. The van der Waals surface area contributed by atoms with Crippen LogP contribution in [0.1, 0.15) is 21.7 Å². The number of hydrazine groups is 1. The van der Waals surface area contributed by atoms with E-state index in [-0.39, 0.29) is 5.91 Å². The van der Waals surface area contributed by atoms with E-state index in [0.29, 0.717) is 5.56 Å². The zero-order chi connectivity index (χ0) is 16.4. The van der Waals surface area contributed by atoms with Crippen LogP contribution in [0.15, 0.2) is 30.3 Å². The SMILES string of the molecule is Cc1nn(-c2ccccc2)c(C)c1C(=O)NN1CCN(C)CC1. The number of nitrogens with one attached hydrogen (secondary N) is 1. The van der Waals surface area contributed by atoms with E-state index in [1.807, 2.05) is 53.9 Å². The van der Waals surface area contributed by atoms with Gasteiger partial charge in [-0.25, -0.2) is 9.69 Å². The lowest BCUT2D eigenvalue weighted by Crippen LogP contribution is -2.52. The molecule has 1 fully saturated rings. The Morgan fingerprint density at radius 3 is 2.39 bits per heavy atom. The quantitative estimate of drug-likeness (QED) is 0.930. The van der Waals surface area contributed by atoms with Gasteiger partial charge in [-0.2, -0.15) is 5.10 Å². The molecule has 1 aromatic carbocycles. The van der Waals surface area contributed by atoms with Gasteiger partial charge in [0.15, 0.2) is 0 Å². The van der Waals surface area contributed by atoms with Gasteiger partial charge in [0.1, 0.15) is 0 Å². The van der Waals surface area contributed by atoms with Crippen molar-refractivity contribution in [1.29, 1.82) is 0 Å². The summed E-state index contributed by atoms with van der Waals surface area (Å²) in [4.78, 5) is 14.9. The molecule has 0 unspecified atom stereocenters. The lowest BCUT2D eigenvalue weighted by Gasteiger charge is -2.32. The summed E-state index contributed by atoms with van der Waals surface area (Å²) in [5.74, 6) is -0.0771. The van der Waals surface area contributed by atoms with Gasteiger partial charge in [0.05, 0.1) is 22.6 Å². The van der Waals surface area contributed by atoms with Crippen LogP contribution >= 0.6 is 0 Å². The van der Waals surface area contributed by atoms with Crippen LogP contribution in [0.25, 0.3) is 5.69 Å². The lowest BCUT2D eigenvalue weighted by atomic mass is 10.2. The summed E-state index contributed by atoms with van der Waals surface area (Å²) in [7, 11) is 2.09. The molecule has 1 saturated heterocycles. The molecule has 1 aromatic heterocycles. The van der Waals surface area contributed by atoms with Crippen LogP contribution in [0.5, 0.6) is 0 Å². The van der Waals surface area contributed by atoms with Crippen molar-refractivity contribution >= 4 is 5.91 Å². The number of piperazine rings is 1. The van der Waals surface area contributed by atoms with Gasteiger partial charge in [-0.3, -0.25) is 10.2 Å². The summed E-state index contributed by atoms with van der Waals surface area (Å²) in [6, 6.07) is 9.88. The number of carbonyl (C=O) groups excluding carboxylic acids is 1. The molecular formula is C17H23N5O. The summed E-state index contributed by atoms with van der Waals surface area (Å²) in [5, 5.41) is 6.52. The number of benzene rings is 1. The van der Waals surface area contributed by atoms with Gasteiger partial charge in [-0.05, 0) is 33.0 Å². The number of amides is 1. The van der Waals surface area contributed by atoms with Gasteiger partial charge in [0.2, 0.25) is 0 Å².